The molecule has 0 bridgehead atoms. The Labute approximate surface area is 163 Å². The maximum Gasteiger partial charge on any atom is 0.0593 e. The molecule has 0 aliphatic carbocycles. The van der Waals surface area contributed by atoms with Crippen LogP contribution in [-0.4, -0.2) is 50.5 Å². The number of fused-ring (bicyclic) bond motifs is 1. The van der Waals surface area contributed by atoms with E-state index in [0.717, 1.165) is 39.2 Å². The highest BCUT2D eigenvalue weighted by molar-refractivity contribution is 5.85. The molecule has 27 heavy (non-hydrogen) atoms. The first-order chi connectivity index (χ1) is 13.4. The summed E-state index contributed by atoms with van der Waals surface area (Å²) in [5.41, 5.74) is 1.44. The largest absolute Gasteiger partial charge is 0.380 e. The number of nitrogens with zero attached hydrogens (tertiary/aromatic N) is 1. The van der Waals surface area contributed by atoms with E-state index < -0.39 is 0 Å². The standard InChI is InChI=1S/C24H33NO2/c1-2-11-24-21(7-1)8-5-9-22(24)17-20(18-23-10-6-15-27-23)19-26-16-14-25-12-3-4-13-25/h1-2,5,7-9,11,20,23H,3-4,6,10,12-19H2. The first-order valence-corrected chi connectivity index (χ1v) is 10.8. The van der Waals surface area contributed by atoms with E-state index in [9.17, 15) is 0 Å². The van der Waals surface area contributed by atoms with Crippen molar-refractivity contribution < 1.29 is 9.47 Å². The molecule has 2 fully saturated rings. The van der Waals surface area contributed by atoms with E-state index >= 15 is 0 Å². The molecule has 2 aliphatic heterocycles. The lowest BCUT2D eigenvalue weighted by Crippen LogP contribution is -2.26. The molecule has 2 heterocycles. The molecule has 2 unspecified atom stereocenters. The van der Waals surface area contributed by atoms with E-state index in [2.05, 4.69) is 47.4 Å². The molecule has 0 spiro atoms. The summed E-state index contributed by atoms with van der Waals surface area (Å²) in [6.45, 7) is 6.22. The fourth-order valence-corrected chi connectivity index (χ4v) is 4.64. The summed E-state index contributed by atoms with van der Waals surface area (Å²) in [6, 6.07) is 15.4. The van der Waals surface area contributed by atoms with Crippen molar-refractivity contribution >= 4 is 10.8 Å². The van der Waals surface area contributed by atoms with Gasteiger partial charge >= 0.3 is 0 Å². The smallest absolute Gasteiger partial charge is 0.0593 e. The van der Waals surface area contributed by atoms with Crippen LogP contribution in [0.1, 0.15) is 37.7 Å². The Morgan fingerprint density at radius 1 is 1.04 bits per heavy atom. The lowest BCUT2D eigenvalue weighted by atomic mass is 9.91. The number of hydrogen-bond donors (Lipinski definition) is 0. The van der Waals surface area contributed by atoms with Gasteiger partial charge in [0, 0.05) is 19.8 Å². The molecule has 2 aliphatic rings. The number of benzene rings is 2. The predicted molar refractivity (Wildman–Crippen MR) is 111 cm³/mol. The Hall–Kier alpha value is -1.42. The third kappa shape index (κ3) is 5.31. The lowest BCUT2D eigenvalue weighted by Gasteiger charge is -2.22. The van der Waals surface area contributed by atoms with E-state index in [4.69, 9.17) is 9.47 Å². The average molecular weight is 368 g/mol. The zero-order valence-corrected chi connectivity index (χ0v) is 16.4. The molecule has 2 aromatic rings. The first kappa shape index (κ1) is 18.9. The summed E-state index contributed by atoms with van der Waals surface area (Å²) in [6.07, 6.45) is 7.73. The highest BCUT2D eigenvalue weighted by Gasteiger charge is 2.22. The third-order valence-electron chi connectivity index (χ3n) is 6.11. The average Bonchev–Trinajstić information content (AvgIpc) is 3.39. The van der Waals surface area contributed by atoms with Crippen LogP contribution in [0.2, 0.25) is 0 Å². The third-order valence-corrected chi connectivity index (χ3v) is 6.11. The number of hydrogen-bond acceptors (Lipinski definition) is 3. The Bertz CT molecular complexity index is 699. The van der Waals surface area contributed by atoms with Gasteiger partial charge in [-0.3, -0.25) is 0 Å². The van der Waals surface area contributed by atoms with Crippen molar-refractivity contribution in [1.82, 2.24) is 4.90 Å². The molecule has 3 heteroatoms. The van der Waals surface area contributed by atoms with Crippen molar-refractivity contribution in [2.75, 3.05) is 39.5 Å². The van der Waals surface area contributed by atoms with Crippen LogP contribution in [0.25, 0.3) is 10.8 Å². The van der Waals surface area contributed by atoms with E-state index in [1.165, 1.54) is 55.1 Å². The summed E-state index contributed by atoms with van der Waals surface area (Å²) >= 11 is 0. The van der Waals surface area contributed by atoms with Crippen LogP contribution in [0.3, 0.4) is 0 Å². The van der Waals surface area contributed by atoms with Crippen LogP contribution < -0.4 is 0 Å². The number of ether oxygens (including phenoxy) is 2. The Balaban J connectivity index is 1.37. The minimum absolute atomic E-state index is 0.423. The molecule has 0 N–H and O–H groups in total. The van der Waals surface area contributed by atoms with Crippen LogP contribution in [0.4, 0.5) is 0 Å². The molecular weight excluding hydrogens is 334 g/mol. The second kappa shape index (κ2) is 9.68. The Kier molecular flexibility index (Phi) is 6.78. The summed E-state index contributed by atoms with van der Waals surface area (Å²) in [5, 5.41) is 2.72. The quantitative estimate of drug-likeness (QED) is 0.601. The van der Waals surface area contributed by atoms with Crippen LogP contribution in [0.15, 0.2) is 42.5 Å². The summed E-state index contributed by atoms with van der Waals surface area (Å²) in [7, 11) is 0. The first-order valence-electron chi connectivity index (χ1n) is 10.8. The lowest BCUT2D eigenvalue weighted by molar-refractivity contribution is 0.0456. The summed E-state index contributed by atoms with van der Waals surface area (Å²) < 4.78 is 12.1. The molecule has 2 aromatic carbocycles. The van der Waals surface area contributed by atoms with Crippen molar-refractivity contribution in [3.05, 3.63) is 48.0 Å². The molecule has 0 radical (unpaired) electrons. The van der Waals surface area contributed by atoms with E-state index in [1.807, 2.05) is 0 Å². The normalized spacial score (nSPS) is 21.9. The van der Waals surface area contributed by atoms with Gasteiger partial charge in [-0.25, -0.2) is 0 Å². The predicted octanol–water partition coefficient (Wildman–Crippen LogP) is 4.68. The van der Waals surface area contributed by atoms with E-state index in [1.54, 1.807) is 0 Å². The van der Waals surface area contributed by atoms with Crippen molar-refractivity contribution in [3.63, 3.8) is 0 Å². The summed E-state index contributed by atoms with van der Waals surface area (Å²) in [4.78, 5) is 2.53. The van der Waals surface area contributed by atoms with Crippen molar-refractivity contribution in [3.8, 4) is 0 Å². The minimum Gasteiger partial charge on any atom is -0.380 e. The highest BCUT2D eigenvalue weighted by atomic mass is 16.5. The number of rotatable bonds is 9. The van der Waals surface area contributed by atoms with Crippen LogP contribution in [0.5, 0.6) is 0 Å². The topological polar surface area (TPSA) is 21.7 Å². The van der Waals surface area contributed by atoms with Gasteiger partial charge in [0.25, 0.3) is 0 Å². The molecule has 4 rings (SSSR count). The van der Waals surface area contributed by atoms with Crippen molar-refractivity contribution in [2.24, 2.45) is 5.92 Å². The summed E-state index contributed by atoms with van der Waals surface area (Å²) in [5.74, 6) is 0.525. The molecule has 3 nitrogen and oxygen atoms in total. The van der Waals surface area contributed by atoms with Gasteiger partial charge in [0.15, 0.2) is 0 Å². The molecule has 0 amide bonds. The molecular formula is C24H33NO2. The van der Waals surface area contributed by atoms with Gasteiger partial charge in [0.2, 0.25) is 0 Å². The molecule has 146 valence electrons. The van der Waals surface area contributed by atoms with Crippen molar-refractivity contribution in [2.45, 2.75) is 44.6 Å². The highest BCUT2D eigenvalue weighted by Crippen LogP contribution is 2.26. The fourth-order valence-electron chi connectivity index (χ4n) is 4.64. The zero-order valence-electron chi connectivity index (χ0n) is 16.4. The molecule has 2 atom stereocenters. The second-order valence-electron chi connectivity index (χ2n) is 8.20. The van der Waals surface area contributed by atoms with Crippen LogP contribution in [0, 0.1) is 5.92 Å². The zero-order chi connectivity index (χ0) is 18.3. The van der Waals surface area contributed by atoms with E-state index in [-0.39, 0.29) is 0 Å². The Morgan fingerprint density at radius 3 is 2.74 bits per heavy atom. The maximum atomic E-state index is 6.16. The van der Waals surface area contributed by atoms with Crippen LogP contribution in [-0.2, 0) is 15.9 Å². The van der Waals surface area contributed by atoms with Gasteiger partial charge in [-0.1, -0.05) is 42.5 Å². The molecule has 0 aromatic heterocycles. The molecule has 0 saturated carbocycles. The van der Waals surface area contributed by atoms with E-state index in [0.29, 0.717) is 12.0 Å². The van der Waals surface area contributed by atoms with Gasteiger partial charge in [-0.2, -0.15) is 0 Å². The SMILES string of the molecule is c1ccc2c(CC(COCCN3CCCC3)CC3CCCO3)cccc2c1. The van der Waals surface area contributed by atoms with Gasteiger partial charge in [0.1, 0.15) is 0 Å². The van der Waals surface area contributed by atoms with Crippen molar-refractivity contribution in [1.29, 1.82) is 0 Å². The monoisotopic (exact) mass is 367 g/mol. The number of likely N-dealkylation sites (tertiary alicyclic amines) is 1. The fraction of sp³-hybridized carbons (Fsp3) is 0.583. The minimum atomic E-state index is 0.423. The van der Waals surface area contributed by atoms with Gasteiger partial charge < -0.3 is 14.4 Å². The molecule has 2 saturated heterocycles. The van der Waals surface area contributed by atoms with Gasteiger partial charge in [0.05, 0.1) is 12.7 Å². The van der Waals surface area contributed by atoms with Gasteiger partial charge in [-0.05, 0) is 73.9 Å². The van der Waals surface area contributed by atoms with Crippen LogP contribution >= 0.6 is 0 Å². The Morgan fingerprint density at radius 2 is 1.89 bits per heavy atom. The second-order valence-corrected chi connectivity index (χ2v) is 8.20. The van der Waals surface area contributed by atoms with Gasteiger partial charge in [-0.15, -0.1) is 0 Å². The maximum absolute atomic E-state index is 6.16.